The van der Waals surface area contributed by atoms with Crippen LogP contribution in [0.5, 0.6) is 0 Å². The van der Waals surface area contributed by atoms with Gasteiger partial charge in [0.15, 0.2) is 0 Å². The minimum Gasteiger partial charge on any atom is -0.354 e. The van der Waals surface area contributed by atoms with Crippen LogP contribution in [0.3, 0.4) is 0 Å². The van der Waals surface area contributed by atoms with Gasteiger partial charge in [0.25, 0.3) is 0 Å². The van der Waals surface area contributed by atoms with Crippen molar-refractivity contribution in [3.8, 4) is 11.3 Å². The molecule has 0 spiro atoms. The van der Waals surface area contributed by atoms with E-state index in [1.165, 1.54) is 21.0 Å². The summed E-state index contributed by atoms with van der Waals surface area (Å²) >= 11 is 3.54. The maximum atomic E-state index is 4.77. The van der Waals surface area contributed by atoms with Crippen LogP contribution in [0.2, 0.25) is 0 Å². The molecule has 1 aliphatic heterocycles. The number of nitrogens with zero attached hydrogens (tertiary/aromatic N) is 1. The number of hydrogen-bond donors (Lipinski definition) is 2. The number of fused-ring (bicyclic) bond motifs is 2. The minimum atomic E-state index is 0. The number of anilines is 2. The van der Waals surface area contributed by atoms with Crippen LogP contribution in [0.4, 0.5) is 11.4 Å². The normalized spacial score (nSPS) is 11.9. The summed E-state index contributed by atoms with van der Waals surface area (Å²) < 4.78 is 0. The molecule has 0 saturated heterocycles. The van der Waals surface area contributed by atoms with E-state index < -0.39 is 0 Å². The summed E-state index contributed by atoms with van der Waals surface area (Å²) in [6.45, 7) is 4.07. The Hall–Kier alpha value is -1.53. The fourth-order valence-corrected chi connectivity index (χ4v) is 4.44. The fourth-order valence-electron chi connectivity index (χ4n) is 2.70. The second-order valence-electron chi connectivity index (χ2n) is 5.74. The van der Waals surface area contributed by atoms with Crippen LogP contribution < -0.4 is 10.6 Å². The quantitative estimate of drug-likeness (QED) is 0.414. The molecule has 3 nitrogen and oxygen atoms in total. The first-order chi connectivity index (χ1) is 11.8. The van der Waals surface area contributed by atoms with Crippen molar-refractivity contribution in [2.75, 3.05) is 11.9 Å². The van der Waals surface area contributed by atoms with Gasteiger partial charge in [-0.1, -0.05) is 36.9 Å². The Balaban J connectivity index is 0.00000182. The maximum Gasteiger partial charge on any atom is 0.107 e. The molecule has 3 aromatic rings. The van der Waals surface area contributed by atoms with Crippen LogP contribution in [-0.2, 0) is 6.54 Å². The number of thiazole rings is 1. The zero-order valence-corrected chi connectivity index (χ0v) is 16.4. The van der Waals surface area contributed by atoms with E-state index >= 15 is 0 Å². The van der Waals surface area contributed by atoms with E-state index in [2.05, 4.69) is 65.4 Å². The maximum absolute atomic E-state index is 4.77. The molecule has 1 aromatic heterocycles. The molecule has 0 radical (unpaired) electrons. The Morgan fingerprint density at radius 1 is 1.08 bits per heavy atom. The molecule has 0 aliphatic carbocycles. The minimum absolute atomic E-state index is 0. The average molecular weight is 390 g/mol. The van der Waals surface area contributed by atoms with E-state index in [0.29, 0.717) is 0 Å². The summed E-state index contributed by atoms with van der Waals surface area (Å²) in [4.78, 5) is 7.30. The largest absolute Gasteiger partial charge is 0.354 e. The molecule has 25 heavy (non-hydrogen) atoms. The fraction of sp³-hybridized carbons (Fsp3) is 0.211. The third-order valence-corrected chi connectivity index (χ3v) is 5.91. The number of aromatic nitrogens is 1. The summed E-state index contributed by atoms with van der Waals surface area (Å²) in [5.74, 6) is 0. The summed E-state index contributed by atoms with van der Waals surface area (Å²) in [5, 5.41) is 10.2. The molecule has 2 heterocycles. The lowest BCUT2D eigenvalue weighted by atomic mass is 10.1. The molecule has 4 rings (SSSR count). The lowest BCUT2D eigenvalue weighted by Gasteiger charge is -2.21. The van der Waals surface area contributed by atoms with Crippen molar-refractivity contribution in [2.45, 2.75) is 29.7 Å². The highest BCUT2D eigenvalue weighted by Gasteiger charge is 2.16. The number of benzene rings is 2. The first kappa shape index (κ1) is 18.3. The van der Waals surface area contributed by atoms with Gasteiger partial charge in [-0.15, -0.1) is 23.7 Å². The van der Waals surface area contributed by atoms with E-state index in [0.717, 1.165) is 35.9 Å². The van der Waals surface area contributed by atoms with Crippen LogP contribution in [0, 0.1) is 0 Å². The summed E-state index contributed by atoms with van der Waals surface area (Å²) in [7, 11) is 0. The molecule has 2 N–H and O–H groups in total. The number of para-hydroxylation sites is 1. The van der Waals surface area contributed by atoms with E-state index in [1.54, 1.807) is 11.3 Å². The van der Waals surface area contributed by atoms with Crippen molar-refractivity contribution in [1.29, 1.82) is 0 Å². The SMILES string of the molecule is CCCNCc1nc(-c2ccc3c(c2)Nc2ccccc2S3)cs1.Cl. The molecule has 0 bridgehead atoms. The molecule has 130 valence electrons. The topological polar surface area (TPSA) is 37.0 Å². The van der Waals surface area contributed by atoms with Crippen LogP contribution in [0.1, 0.15) is 18.4 Å². The number of hydrogen-bond acceptors (Lipinski definition) is 5. The Bertz CT molecular complexity index is 863. The summed E-state index contributed by atoms with van der Waals surface area (Å²) in [6, 6.07) is 15.0. The molecule has 0 fully saturated rings. The Labute approximate surface area is 162 Å². The molecule has 0 amide bonds. The highest BCUT2D eigenvalue weighted by molar-refractivity contribution is 7.99. The van der Waals surface area contributed by atoms with Crippen molar-refractivity contribution in [3.05, 3.63) is 52.9 Å². The van der Waals surface area contributed by atoms with Gasteiger partial charge in [-0.05, 0) is 37.2 Å². The van der Waals surface area contributed by atoms with Gasteiger partial charge in [0, 0.05) is 27.3 Å². The molecule has 1 aliphatic rings. The molecule has 2 aromatic carbocycles. The van der Waals surface area contributed by atoms with Crippen LogP contribution in [0.25, 0.3) is 11.3 Å². The summed E-state index contributed by atoms with van der Waals surface area (Å²) in [5.41, 5.74) is 4.56. The zero-order chi connectivity index (χ0) is 16.4. The van der Waals surface area contributed by atoms with Gasteiger partial charge in [0.2, 0.25) is 0 Å². The van der Waals surface area contributed by atoms with Crippen molar-refractivity contribution in [2.24, 2.45) is 0 Å². The molecule has 0 atom stereocenters. The average Bonchev–Trinajstić information content (AvgIpc) is 3.08. The molecular formula is C19H20ClN3S2. The van der Waals surface area contributed by atoms with Crippen molar-refractivity contribution >= 4 is 46.9 Å². The number of rotatable bonds is 5. The molecule has 0 unspecified atom stereocenters. The molecular weight excluding hydrogens is 370 g/mol. The Morgan fingerprint density at radius 3 is 2.80 bits per heavy atom. The lowest BCUT2D eigenvalue weighted by molar-refractivity contribution is 0.673. The van der Waals surface area contributed by atoms with Crippen molar-refractivity contribution in [3.63, 3.8) is 0 Å². The third kappa shape index (κ3) is 4.01. The number of halogens is 1. The van der Waals surface area contributed by atoms with Crippen LogP contribution >= 0.6 is 35.5 Å². The number of nitrogens with one attached hydrogen (secondary N) is 2. The van der Waals surface area contributed by atoms with Crippen molar-refractivity contribution in [1.82, 2.24) is 10.3 Å². The van der Waals surface area contributed by atoms with E-state index in [-0.39, 0.29) is 12.4 Å². The molecule has 6 heteroatoms. The van der Waals surface area contributed by atoms with Crippen LogP contribution in [0.15, 0.2) is 57.6 Å². The van der Waals surface area contributed by atoms with Gasteiger partial charge in [-0.3, -0.25) is 0 Å². The zero-order valence-electron chi connectivity index (χ0n) is 13.9. The predicted octanol–water partition coefficient (Wildman–Crippen LogP) is 5.94. The van der Waals surface area contributed by atoms with E-state index in [4.69, 9.17) is 4.98 Å². The van der Waals surface area contributed by atoms with E-state index in [1.807, 2.05) is 11.8 Å². The van der Waals surface area contributed by atoms with Gasteiger partial charge in [0.1, 0.15) is 5.01 Å². The Morgan fingerprint density at radius 2 is 1.92 bits per heavy atom. The lowest BCUT2D eigenvalue weighted by Crippen LogP contribution is -2.13. The van der Waals surface area contributed by atoms with E-state index in [9.17, 15) is 0 Å². The Kier molecular flexibility index (Phi) is 6.02. The molecule has 0 saturated carbocycles. The highest BCUT2D eigenvalue weighted by atomic mass is 35.5. The van der Waals surface area contributed by atoms with Gasteiger partial charge < -0.3 is 10.6 Å². The second kappa shape index (κ2) is 8.23. The van der Waals surface area contributed by atoms with Crippen molar-refractivity contribution < 1.29 is 0 Å². The van der Waals surface area contributed by atoms with Gasteiger partial charge in [-0.25, -0.2) is 4.98 Å². The third-order valence-electron chi connectivity index (χ3n) is 3.91. The van der Waals surface area contributed by atoms with Crippen LogP contribution in [-0.4, -0.2) is 11.5 Å². The van der Waals surface area contributed by atoms with Gasteiger partial charge in [-0.2, -0.15) is 0 Å². The smallest absolute Gasteiger partial charge is 0.107 e. The summed E-state index contributed by atoms with van der Waals surface area (Å²) in [6.07, 6.45) is 1.15. The first-order valence-electron chi connectivity index (χ1n) is 8.17. The monoisotopic (exact) mass is 389 g/mol. The predicted molar refractivity (Wildman–Crippen MR) is 111 cm³/mol. The highest BCUT2D eigenvalue weighted by Crippen LogP contribution is 2.45. The second-order valence-corrected chi connectivity index (χ2v) is 7.76. The van der Waals surface area contributed by atoms with Gasteiger partial charge in [0.05, 0.1) is 17.1 Å². The standard InChI is InChI=1S/C19H19N3S2.ClH/c1-2-9-20-11-19-22-16(12-23-19)13-7-8-18-15(10-13)21-14-5-3-4-6-17(14)24-18;/h3-8,10,12,20-21H,2,9,11H2,1H3;1H. The first-order valence-corrected chi connectivity index (χ1v) is 9.86. The van der Waals surface area contributed by atoms with Gasteiger partial charge >= 0.3 is 0 Å².